The van der Waals surface area contributed by atoms with Gasteiger partial charge in [-0.3, -0.25) is 9.59 Å². The number of aryl methyl sites for hydroxylation is 2. The highest BCUT2D eigenvalue weighted by molar-refractivity contribution is 6.04. The van der Waals surface area contributed by atoms with Gasteiger partial charge >= 0.3 is 0 Å². The van der Waals surface area contributed by atoms with E-state index in [-0.39, 0.29) is 24.2 Å². The van der Waals surface area contributed by atoms with E-state index in [1.54, 1.807) is 23.1 Å². The van der Waals surface area contributed by atoms with Crippen LogP contribution < -0.4 is 16.0 Å². The van der Waals surface area contributed by atoms with Crippen LogP contribution in [0.2, 0.25) is 0 Å². The maximum Gasteiger partial charge on any atom is 0.252 e. The second-order valence-corrected chi connectivity index (χ2v) is 6.21. The van der Waals surface area contributed by atoms with Gasteiger partial charge in [0.25, 0.3) is 5.91 Å². The molecule has 0 aliphatic carbocycles. The molecule has 0 saturated carbocycles. The number of hydrogen-bond donors (Lipinski definition) is 2. The minimum atomic E-state index is -0.500. The van der Waals surface area contributed by atoms with Crippen LogP contribution in [0.4, 0.5) is 11.4 Å². The van der Waals surface area contributed by atoms with Crippen LogP contribution >= 0.6 is 12.4 Å². The Morgan fingerprint density at radius 2 is 1.84 bits per heavy atom. The maximum absolute atomic E-state index is 12.6. The van der Waals surface area contributed by atoms with Crippen molar-refractivity contribution >= 4 is 35.6 Å². The summed E-state index contributed by atoms with van der Waals surface area (Å²) in [5.74, 6) is -0.335. The fraction of sp³-hybridized carbons (Fsp3) is 0.263. The lowest BCUT2D eigenvalue weighted by Gasteiger charge is -2.18. The molecule has 0 spiro atoms. The van der Waals surface area contributed by atoms with E-state index in [2.05, 4.69) is 5.32 Å². The molecule has 1 fully saturated rings. The molecule has 1 saturated heterocycles. The molecule has 1 unspecified atom stereocenters. The van der Waals surface area contributed by atoms with Crippen molar-refractivity contribution in [1.82, 2.24) is 5.32 Å². The van der Waals surface area contributed by atoms with Crippen molar-refractivity contribution in [3.8, 4) is 0 Å². The Kier molecular flexibility index (Phi) is 5.69. The van der Waals surface area contributed by atoms with Crippen molar-refractivity contribution < 1.29 is 9.59 Å². The highest BCUT2D eigenvalue weighted by atomic mass is 35.5. The number of nitrogens with one attached hydrogen (secondary N) is 1. The number of carbonyl (C=O) groups is 2. The monoisotopic (exact) mass is 359 g/mol. The van der Waals surface area contributed by atoms with Crippen molar-refractivity contribution in [1.29, 1.82) is 0 Å². The van der Waals surface area contributed by atoms with Crippen molar-refractivity contribution in [2.75, 3.05) is 17.2 Å². The fourth-order valence-electron chi connectivity index (χ4n) is 2.92. The third-order valence-electron chi connectivity index (χ3n) is 4.36. The minimum Gasteiger partial charge on any atom is -0.399 e. The summed E-state index contributed by atoms with van der Waals surface area (Å²) in [5.41, 5.74) is 9.64. The van der Waals surface area contributed by atoms with Crippen LogP contribution in [0.3, 0.4) is 0 Å². The lowest BCUT2D eigenvalue weighted by molar-refractivity contribution is -0.118. The van der Waals surface area contributed by atoms with Gasteiger partial charge in [0.1, 0.15) is 6.04 Å². The Morgan fingerprint density at radius 1 is 1.16 bits per heavy atom. The molecule has 2 amide bonds. The quantitative estimate of drug-likeness (QED) is 0.827. The van der Waals surface area contributed by atoms with Gasteiger partial charge in [-0.1, -0.05) is 23.8 Å². The zero-order valence-electron chi connectivity index (χ0n) is 14.3. The number of carbonyl (C=O) groups excluding carboxylic acids is 2. The summed E-state index contributed by atoms with van der Waals surface area (Å²) in [6.45, 7) is 4.46. The van der Waals surface area contributed by atoms with Gasteiger partial charge < -0.3 is 16.0 Å². The van der Waals surface area contributed by atoms with Crippen LogP contribution in [0.5, 0.6) is 0 Å². The maximum atomic E-state index is 12.6. The fourth-order valence-corrected chi connectivity index (χ4v) is 2.92. The Bertz CT molecular complexity index is 790. The Morgan fingerprint density at radius 3 is 2.52 bits per heavy atom. The Hall–Kier alpha value is -2.53. The molecular weight excluding hydrogens is 338 g/mol. The van der Waals surface area contributed by atoms with Crippen LogP contribution in [0, 0.1) is 13.8 Å². The number of nitrogens with two attached hydrogens (primary N) is 1. The molecule has 3 N–H and O–H groups in total. The average Bonchev–Trinajstić information content (AvgIpc) is 2.91. The van der Waals surface area contributed by atoms with Crippen LogP contribution in [0.15, 0.2) is 42.5 Å². The molecule has 2 aromatic rings. The van der Waals surface area contributed by atoms with Gasteiger partial charge in [-0.15, -0.1) is 12.4 Å². The Balaban J connectivity index is 0.00000225. The third kappa shape index (κ3) is 3.94. The zero-order valence-corrected chi connectivity index (χ0v) is 15.1. The van der Waals surface area contributed by atoms with E-state index < -0.39 is 6.04 Å². The van der Waals surface area contributed by atoms with E-state index in [9.17, 15) is 9.59 Å². The standard InChI is InChI=1S/C19H21N3O2.ClH/c1-12-3-7-15(8-4-12)22-10-9-17(19(22)24)21-18(23)16-11-14(20)6-5-13(16)2;/h3-8,11,17H,9-10,20H2,1-2H3,(H,21,23);1H. The smallest absolute Gasteiger partial charge is 0.252 e. The van der Waals surface area contributed by atoms with Crippen LogP contribution in [-0.2, 0) is 4.79 Å². The number of hydrogen-bond acceptors (Lipinski definition) is 3. The largest absolute Gasteiger partial charge is 0.399 e. The van der Waals surface area contributed by atoms with E-state index in [0.717, 1.165) is 16.8 Å². The van der Waals surface area contributed by atoms with Gasteiger partial charge in [-0.2, -0.15) is 0 Å². The van der Waals surface area contributed by atoms with Gasteiger partial charge in [0, 0.05) is 23.5 Å². The number of nitrogen functional groups attached to an aromatic ring is 1. The summed E-state index contributed by atoms with van der Waals surface area (Å²) in [7, 11) is 0. The molecule has 25 heavy (non-hydrogen) atoms. The van der Waals surface area contributed by atoms with Crippen LogP contribution in [0.1, 0.15) is 27.9 Å². The molecule has 1 aliphatic heterocycles. The molecule has 0 bridgehead atoms. The van der Waals surface area contributed by atoms with E-state index in [0.29, 0.717) is 24.2 Å². The topological polar surface area (TPSA) is 75.4 Å². The first-order valence-corrected chi connectivity index (χ1v) is 8.01. The molecule has 1 atom stereocenters. The number of rotatable bonds is 3. The van der Waals surface area contributed by atoms with E-state index in [1.165, 1.54) is 0 Å². The summed E-state index contributed by atoms with van der Waals surface area (Å²) in [4.78, 5) is 26.8. The van der Waals surface area contributed by atoms with Crippen molar-refractivity contribution in [2.24, 2.45) is 0 Å². The summed E-state index contributed by atoms with van der Waals surface area (Å²) < 4.78 is 0. The first-order valence-electron chi connectivity index (χ1n) is 8.01. The molecule has 5 nitrogen and oxygen atoms in total. The molecule has 132 valence electrons. The lowest BCUT2D eigenvalue weighted by Crippen LogP contribution is -2.41. The third-order valence-corrected chi connectivity index (χ3v) is 4.36. The second kappa shape index (κ2) is 7.57. The molecule has 1 heterocycles. The van der Waals surface area contributed by atoms with Gasteiger partial charge in [0.05, 0.1) is 0 Å². The lowest BCUT2D eigenvalue weighted by atomic mass is 10.1. The number of anilines is 2. The first-order chi connectivity index (χ1) is 11.5. The summed E-state index contributed by atoms with van der Waals surface area (Å²) >= 11 is 0. The van der Waals surface area contributed by atoms with Crippen molar-refractivity contribution in [3.63, 3.8) is 0 Å². The molecule has 6 heteroatoms. The Labute approximate surface area is 153 Å². The molecule has 1 aliphatic rings. The second-order valence-electron chi connectivity index (χ2n) is 6.21. The average molecular weight is 360 g/mol. The van der Waals surface area contributed by atoms with E-state index in [4.69, 9.17) is 5.73 Å². The van der Waals surface area contributed by atoms with Crippen molar-refractivity contribution in [3.05, 3.63) is 59.2 Å². The predicted molar refractivity (Wildman–Crippen MR) is 102 cm³/mol. The van der Waals surface area contributed by atoms with Crippen LogP contribution in [0.25, 0.3) is 0 Å². The van der Waals surface area contributed by atoms with Gasteiger partial charge in [0.2, 0.25) is 5.91 Å². The summed E-state index contributed by atoms with van der Waals surface area (Å²) in [5, 5.41) is 2.84. The summed E-state index contributed by atoms with van der Waals surface area (Å²) in [6, 6.07) is 12.5. The highest BCUT2D eigenvalue weighted by Gasteiger charge is 2.33. The van der Waals surface area contributed by atoms with Crippen molar-refractivity contribution in [2.45, 2.75) is 26.3 Å². The van der Waals surface area contributed by atoms with Crippen LogP contribution in [-0.4, -0.2) is 24.4 Å². The summed E-state index contributed by atoms with van der Waals surface area (Å²) in [6.07, 6.45) is 0.597. The first kappa shape index (κ1) is 18.8. The zero-order chi connectivity index (χ0) is 17.3. The molecular formula is C19H22ClN3O2. The molecule has 3 rings (SSSR count). The number of nitrogens with zero attached hydrogens (tertiary/aromatic N) is 1. The highest BCUT2D eigenvalue weighted by Crippen LogP contribution is 2.22. The van der Waals surface area contributed by atoms with Gasteiger partial charge in [-0.05, 0) is 50.1 Å². The molecule has 0 aromatic heterocycles. The number of halogens is 1. The number of benzene rings is 2. The SMILES string of the molecule is Cc1ccc(N2CCC(NC(=O)c3cc(N)ccc3C)C2=O)cc1.Cl. The van der Waals surface area contributed by atoms with Gasteiger partial charge in [-0.25, -0.2) is 0 Å². The van der Waals surface area contributed by atoms with E-state index >= 15 is 0 Å². The van der Waals surface area contributed by atoms with E-state index in [1.807, 2.05) is 38.1 Å². The minimum absolute atomic E-state index is 0. The molecule has 0 radical (unpaired) electrons. The number of amides is 2. The predicted octanol–water partition coefficient (Wildman–Crippen LogP) is 2.84. The van der Waals surface area contributed by atoms with Gasteiger partial charge in [0.15, 0.2) is 0 Å². The normalized spacial score (nSPS) is 16.5. The molecule has 2 aromatic carbocycles.